The molecule has 1 aromatic rings. The van der Waals surface area contributed by atoms with E-state index in [1.807, 2.05) is 18.7 Å². The number of hydrogen-bond donors (Lipinski definition) is 1. The van der Waals surface area contributed by atoms with Gasteiger partial charge in [-0.15, -0.1) is 0 Å². The maximum atomic E-state index is 6.26. The smallest absolute Gasteiger partial charge is 0.0756 e. The molecule has 0 spiro atoms. The Kier molecular flexibility index (Phi) is 3.90. The van der Waals surface area contributed by atoms with Gasteiger partial charge in [-0.3, -0.25) is 4.68 Å². The first kappa shape index (κ1) is 13.1. The van der Waals surface area contributed by atoms with Crippen LogP contribution in [0.5, 0.6) is 0 Å². The van der Waals surface area contributed by atoms with Gasteiger partial charge in [0.25, 0.3) is 0 Å². The van der Waals surface area contributed by atoms with Gasteiger partial charge in [0.05, 0.1) is 22.0 Å². The summed E-state index contributed by atoms with van der Waals surface area (Å²) in [5.74, 6) is 0.554. The van der Waals surface area contributed by atoms with Crippen molar-refractivity contribution in [3.8, 4) is 0 Å². The lowest BCUT2D eigenvalue weighted by Crippen LogP contribution is -2.40. The van der Waals surface area contributed by atoms with Crippen molar-refractivity contribution >= 4 is 15.9 Å². The van der Waals surface area contributed by atoms with Gasteiger partial charge in [0.2, 0.25) is 0 Å². The zero-order valence-electron chi connectivity index (χ0n) is 10.6. The topological polar surface area (TPSA) is 53.1 Å². The molecule has 4 nitrogen and oxygen atoms in total. The molecule has 2 rings (SSSR count). The largest absolute Gasteiger partial charge is 0.376 e. The summed E-state index contributed by atoms with van der Waals surface area (Å²) in [5.41, 5.74) is 8.42. The summed E-state index contributed by atoms with van der Waals surface area (Å²) >= 11 is 3.57. The Bertz CT molecular complexity index is 405. The Balaban J connectivity index is 2.10. The molecule has 96 valence electrons. The molecular formula is C12H20BrN3O. The summed E-state index contributed by atoms with van der Waals surface area (Å²) in [5, 5.41) is 4.38. The van der Waals surface area contributed by atoms with Crippen molar-refractivity contribution in [3.05, 3.63) is 15.9 Å². The molecule has 2 heterocycles. The molecule has 1 saturated heterocycles. The molecule has 0 aliphatic carbocycles. The van der Waals surface area contributed by atoms with Crippen molar-refractivity contribution in [1.82, 2.24) is 9.78 Å². The second kappa shape index (κ2) is 5.08. The minimum Gasteiger partial charge on any atom is -0.376 e. The molecule has 0 amide bonds. The van der Waals surface area contributed by atoms with E-state index in [-0.39, 0.29) is 12.1 Å². The van der Waals surface area contributed by atoms with Crippen molar-refractivity contribution in [2.75, 3.05) is 6.61 Å². The summed E-state index contributed by atoms with van der Waals surface area (Å²) in [7, 11) is 1.96. The highest BCUT2D eigenvalue weighted by Crippen LogP contribution is 2.26. The lowest BCUT2D eigenvalue weighted by Gasteiger charge is -2.22. The van der Waals surface area contributed by atoms with Crippen LogP contribution in [-0.2, 0) is 18.2 Å². The number of halogens is 1. The standard InChI is InChI=1S/C12H20BrN3O/c1-7-4-5-17-12(7)9(14)6-10-11(13)8(2)15-16(10)3/h7,9,12H,4-6,14H2,1-3H3. The quantitative estimate of drug-likeness (QED) is 0.926. The molecule has 0 saturated carbocycles. The minimum atomic E-state index is 0.0404. The maximum Gasteiger partial charge on any atom is 0.0756 e. The summed E-state index contributed by atoms with van der Waals surface area (Å²) in [6.07, 6.45) is 2.09. The summed E-state index contributed by atoms with van der Waals surface area (Å²) in [4.78, 5) is 0. The normalized spacial score (nSPS) is 26.4. The molecule has 1 aromatic heterocycles. The van der Waals surface area contributed by atoms with Crippen LogP contribution >= 0.6 is 15.9 Å². The molecule has 3 unspecified atom stereocenters. The summed E-state index contributed by atoms with van der Waals surface area (Å²) < 4.78 is 8.69. The Labute approximate surface area is 111 Å². The first-order valence-electron chi connectivity index (χ1n) is 6.06. The fraction of sp³-hybridized carbons (Fsp3) is 0.750. The molecule has 2 N–H and O–H groups in total. The van der Waals surface area contributed by atoms with E-state index in [2.05, 4.69) is 28.0 Å². The molecule has 1 fully saturated rings. The van der Waals surface area contributed by atoms with Crippen molar-refractivity contribution < 1.29 is 4.74 Å². The van der Waals surface area contributed by atoms with Crippen LogP contribution < -0.4 is 5.73 Å². The molecule has 0 aromatic carbocycles. The van der Waals surface area contributed by atoms with Crippen LogP contribution in [0.15, 0.2) is 4.47 Å². The van der Waals surface area contributed by atoms with Gasteiger partial charge in [-0.25, -0.2) is 0 Å². The third kappa shape index (κ3) is 2.56. The number of aryl methyl sites for hydroxylation is 2. The minimum absolute atomic E-state index is 0.0404. The van der Waals surface area contributed by atoms with Gasteiger partial charge < -0.3 is 10.5 Å². The Morgan fingerprint density at radius 1 is 1.65 bits per heavy atom. The second-order valence-electron chi connectivity index (χ2n) is 4.94. The van der Waals surface area contributed by atoms with Gasteiger partial charge >= 0.3 is 0 Å². The second-order valence-corrected chi connectivity index (χ2v) is 5.73. The van der Waals surface area contributed by atoms with Crippen LogP contribution in [0.3, 0.4) is 0 Å². The lowest BCUT2D eigenvalue weighted by molar-refractivity contribution is 0.0721. The predicted octanol–water partition coefficient (Wildman–Crippen LogP) is 1.79. The van der Waals surface area contributed by atoms with Gasteiger partial charge in [-0.05, 0) is 35.2 Å². The fourth-order valence-electron chi connectivity index (χ4n) is 2.51. The SMILES string of the molecule is Cc1nn(C)c(CC(N)C2OCCC2C)c1Br. The molecule has 1 aliphatic rings. The maximum absolute atomic E-state index is 6.26. The zero-order chi connectivity index (χ0) is 12.6. The van der Waals surface area contributed by atoms with E-state index in [9.17, 15) is 0 Å². The van der Waals surface area contributed by atoms with E-state index < -0.39 is 0 Å². The summed E-state index contributed by atoms with van der Waals surface area (Å²) in [6.45, 7) is 5.04. The number of aromatic nitrogens is 2. The monoisotopic (exact) mass is 301 g/mol. The van der Waals surface area contributed by atoms with Crippen LogP contribution in [0.4, 0.5) is 0 Å². The predicted molar refractivity (Wildman–Crippen MR) is 70.8 cm³/mol. The van der Waals surface area contributed by atoms with Crippen molar-refractivity contribution in [3.63, 3.8) is 0 Å². The van der Waals surface area contributed by atoms with Gasteiger partial charge in [0.15, 0.2) is 0 Å². The van der Waals surface area contributed by atoms with Gasteiger partial charge in [-0.2, -0.15) is 5.10 Å². The lowest BCUT2D eigenvalue weighted by atomic mass is 9.95. The van der Waals surface area contributed by atoms with Gasteiger partial charge in [-0.1, -0.05) is 6.92 Å². The Morgan fingerprint density at radius 2 is 2.35 bits per heavy atom. The highest BCUT2D eigenvalue weighted by Gasteiger charge is 2.31. The molecular weight excluding hydrogens is 282 g/mol. The number of ether oxygens (including phenoxy) is 1. The number of rotatable bonds is 3. The van der Waals surface area contributed by atoms with E-state index >= 15 is 0 Å². The van der Waals surface area contributed by atoms with E-state index in [0.717, 1.165) is 35.3 Å². The molecule has 5 heteroatoms. The van der Waals surface area contributed by atoms with Gasteiger partial charge in [0.1, 0.15) is 0 Å². The third-order valence-corrected chi connectivity index (χ3v) is 4.59. The van der Waals surface area contributed by atoms with Gasteiger partial charge in [0, 0.05) is 26.1 Å². The first-order valence-corrected chi connectivity index (χ1v) is 6.85. The third-order valence-electron chi connectivity index (χ3n) is 3.56. The molecule has 17 heavy (non-hydrogen) atoms. The van der Waals surface area contributed by atoms with E-state index in [4.69, 9.17) is 10.5 Å². The average molecular weight is 302 g/mol. The van der Waals surface area contributed by atoms with E-state index in [1.165, 1.54) is 0 Å². The Hall–Kier alpha value is -0.390. The Morgan fingerprint density at radius 3 is 2.82 bits per heavy atom. The van der Waals surface area contributed by atoms with Crippen LogP contribution in [0.2, 0.25) is 0 Å². The van der Waals surface area contributed by atoms with Crippen LogP contribution in [-0.4, -0.2) is 28.5 Å². The van der Waals surface area contributed by atoms with E-state index in [0.29, 0.717) is 5.92 Å². The molecule has 3 atom stereocenters. The molecule has 1 aliphatic heterocycles. The zero-order valence-corrected chi connectivity index (χ0v) is 12.2. The number of hydrogen-bond acceptors (Lipinski definition) is 3. The average Bonchev–Trinajstić information content (AvgIpc) is 2.78. The first-order chi connectivity index (χ1) is 8.00. The van der Waals surface area contributed by atoms with Crippen molar-refractivity contribution in [2.24, 2.45) is 18.7 Å². The number of nitrogens with two attached hydrogens (primary N) is 1. The van der Waals surface area contributed by atoms with Crippen LogP contribution in [0.25, 0.3) is 0 Å². The van der Waals surface area contributed by atoms with Crippen LogP contribution in [0, 0.1) is 12.8 Å². The van der Waals surface area contributed by atoms with Crippen molar-refractivity contribution in [1.29, 1.82) is 0 Å². The molecule has 0 radical (unpaired) electrons. The van der Waals surface area contributed by atoms with Crippen molar-refractivity contribution in [2.45, 2.75) is 38.8 Å². The summed E-state index contributed by atoms with van der Waals surface area (Å²) in [6, 6.07) is 0.0404. The highest BCUT2D eigenvalue weighted by atomic mass is 79.9. The van der Waals surface area contributed by atoms with Crippen LogP contribution in [0.1, 0.15) is 24.7 Å². The molecule has 0 bridgehead atoms. The fourth-order valence-corrected chi connectivity index (χ4v) is 3.00. The number of nitrogens with zero attached hydrogens (tertiary/aromatic N) is 2. The van der Waals surface area contributed by atoms with E-state index in [1.54, 1.807) is 0 Å². The highest BCUT2D eigenvalue weighted by molar-refractivity contribution is 9.10.